The van der Waals surface area contributed by atoms with Gasteiger partial charge in [-0.25, -0.2) is 19.6 Å². The number of para-hydroxylation sites is 1. The van der Waals surface area contributed by atoms with E-state index in [4.69, 9.17) is 15.6 Å². The number of hydrogen-bond donors (Lipinski definition) is 1. The van der Waals surface area contributed by atoms with Gasteiger partial charge < -0.3 is 15.4 Å². The highest BCUT2D eigenvalue weighted by Gasteiger charge is 2.28. The largest absolute Gasteiger partial charge is 0.439 e. The number of nitrogens with two attached hydrogens (primary N) is 1. The number of nitrogens with zero attached hydrogens (tertiary/aromatic N) is 6. The Kier molecular flexibility index (Phi) is 6.38. The number of fused-ring (bicyclic) bond motifs is 1. The van der Waals surface area contributed by atoms with Crippen molar-refractivity contribution >= 4 is 22.8 Å². The van der Waals surface area contributed by atoms with Crippen molar-refractivity contribution in [2.24, 2.45) is 0 Å². The van der Waals surface area contributed by atoms with Crippen LogP contribution < -0.4 is 10.5 Å². The van der Waals surface area contributed by atoms with Crippen molar-refractivity contribution in [3.8, 4) is 22.9 Å². The highest BCUT2D eigenvalue weighted by Crippen LogP contribution is 2.34. The number of carbonyl (C=O) groups excluding carboxylic acids is 1. The first-order valence-electron chi connectivity index (χ1n) is 11.8. The Labute approximate surface area is 203 Å². The summed E-state index contributed by atoms with van der Waals surface area (Å²) < 4.78 is 7.70. The molecule has 2 N–H and O–H groups in total. The average Bonchev–Trinajstić information content (AvgIpc) is 3.29. The van der Waals surface area contributed by atoms with Crippen LogP contribution in [-0.4, -0.2) is 48.6 Å². The van der Waals surface area contributed by atoms with Crippen molar-refractivity contribution in [1.29, 1.82) is 0 Å². The molecule has 9 heteroatoms. The number of nitrogen functional groups attached to an aromatic ring is 1. The molecule has 5 rings (SSSR count). The zero-order valence-corrected chi connectivity index (χ0v) is 19.5. The number of ether oxygens (including phenoxy) is 1. The monoisotopic (exact) mass is 469 g/mol. The predicted molar refractivity (Wildman–Crippen MR) is 134 cm³/mol. The number of rotatable bonds is 6. The number of pyridine rings is 1. The van der Waals surface area contributed by atoms with E-state index in [2.05, 4.69) is 15.0 Å². The molecule has 4 heterocycles. The fourth-order valence-electron chi connectivity index (χ4n) is 4.32. The molecule has 1 aliphatic rings. The molecule has 1 atom stereocenters. The maximum atomic E-state index is 12.6. The van der Waals surface area contributed by atoms with E-state index in [1.807, 2.05) is 59.0 Å². The summed E-state index contributed by atoms with van der Waals surface area (Å²) in [5.41, 5.74) is 8.37. The summed E-state index contributed by atoms with van der Waals surface area (Å²) in [6, 6.07) is 13.2. The minimum Gasteiger partial charge on any atom is -0.439 e. The molecular formula is C26H27N7O2. The van der Waals surface area contributed by atoms with Crippen LogP contribution >= 0.6 is 0 Å². The summed E-state index contributed by atoms with van der Waals surface area (Å²) in [7, 11) is 0. The van der Waals surface area contributed by atoms with Gasteiger partial charge in [-0.15, -0.1) is 0 Å². The Hall–Kier alpha value is -4.27. The maximum absolute atomic E-state index is 12.6. The van der Waals surface area contributed by atoms with Crippen LogP contribution in [0.25, 0.3) is 22.3 Å². The van der Waals surface area contributed by atoms with Gasteiger partial charge in [-0.1, -0.05) is 31.2 Å². The van der Waals surface area contributed by atoms with Crippen molar-refractivity contribution in [3.63, 3.8) is 0 Å². The van der Waals surface area contributed by atoms with Gasteiger partial charge >= 0.3 is 0 Å². The van der Waals surface area contributed by atoms with E-state index in [9.17, 15) is 4.79 Å². The third-order valence-electron chi connectivity index (χ3n) is 6.04. The minimum absolute atomic E-state index is 0.0121. The van der Waals surface area contributed by atoms with Gasteiger partial charge in [0.15, 0.2) is 5.65 Å². The third kappa shape index (κ3) is 4.70. The highest BCUT2D eigenvalue weighted by molar-refractivity contribution is 5.98. The summed E-state index contributed by atoms with van der Waals surface area (Å²) in [4.78, 5) is 27.6. The molecular weight excluding hydrogens is 442 g/mol. The first kappa shape index (κ1) is 22.5. The smallest absolute Gasteiger partial charge is 0.246 e. The minimum atomic E-state index is -0.0121. The number of allylic oxidation sites excluding steroid dienone is 1. The van der Waals surface area contributed by atoms with Gasteiger partial charge in [0.1, 0.15) is 23.6 Å². The van der Waals surface area contributed by atoms with E-state index in [1.165, 1.54) is 6.33 Å². The second kappa shape index (κ2) is 9.92. The molecule has 0 unspecified atom stereocenters. The molecule has 1 amide bonds. The average molecular weight is 470 g/mol. The van der Waals surface area contributed by atoms with E-state index >= 15 is 0 Å². The van der Waals surface area contributed by atoms with Gasteiger partial charge in [0, 0.05) is 30.9 Å². The quantitative estimate of drug-likeness (QED) is 0.417. The van der Waals surface area contributed by atoms with E-state index in [0.717, 1.165) is 31.4 Å². The van der Waals surface area contributed by atoms with Crippen LogP contribution in [0.2, 0.25) is 0 Å². The highest BCUT2D eigenvalue weighted by atomic mass is 16.5. The van der Waals surface area contributed by atoms with Crippen LogP contribution in [-0.2, 0) is 4.79 Å². The second-order valence-electron chi connectivity index (χ2n) is 8.44. The van der Waals surface area contributed by atoms with Crippen LogP contribution in [0.1, 0.15) is 32.2 Å². The normalized spacial score (nSPS) is 16.1. The first-order valence-corrected chi connectivity index (χ1v) is 11.8. The standard InChI is InChI=1S/C26H27N7O2/c1-2-3-11-22(34)32-14-7-8-19(16-32)33-26-23(25(27)29-17-30-26)24(31-33)18-12-13-21(28-15-18)35-20-9-5-4-6-10-20/h3-6,9-13,15,17,19H,2,7-8,14,16H2,1H3,(H2,27,29,30)/t19-/m1/s1. The van der Waals surface area contributed by atoms with Crippen LogP contribution in [0.3, 0.4) is 0 Å². The topological polar surface area (TPSA) is 112 Å². The number of anilines is 1. The fraction of sp³-hybridized carbons (Fsp3) is 0.269. The number of hydrogen-bond acceptors (Lipinski definition) is 7. The van der Waals surface area contributed by atoms with Gasteiger partial charge in [0.25, 0.3) is 0 Å². The Morgan fingerprint density at radius 1 is 1.17 bits per heavy atom. The fourth-order valence-corrected chi connectivity index (χ4v) is 4.32. The zero-order chi connectivity index (χ0) is 24.2. The molecule has 0 radical (unpaired) electrons. The van der Waals surface area contributed by atoms with Gasteiger partial charge in [-0.05, 0) is 43.5 Å². The lowest BCUT2D eigenvalue weighted by atomic mass is 10.1. The van der Waals surface area contributed by atoms with Crippen molar-refractivity contribution in [1.82, 2.24) is 29.6 Å². The van der Waals surface area contributed by atoms with E-state index < -0.39 is 0 Å². The number of aromatic nitrogens is 5. The molecule has 35 heavy (non-hydrogen) atoms. The molecule has 1 fully saturated rings. The number of piperidine rings is 1. The van der Waals surface area contributed by atoms with Crippen LogP contribution in [0.4, 0.5) is 5.82 Å². The van der Waals surface area contributed by atoms with Crippen molar-refractivity contribution < 1.29 is 9.53 Å². The molecule has 4 aromatic rings. The lowest BCUT2D eigenvalue weighted by Gasteiger charge is -2.32. The van der Waals surface area contributed by atoms with Crippen molar-refractivity contribution in [2.75, 3.05) is 18.8 Å². The van der Waals surface area contributed by atoms with Gasteiger partial charge in [0.2, 0.25) is 11.8 Å². The molecule has 178 valence electrons. The number of amides is 1. The van der Waals surface area contributed by atoms with E-state index in [-0.39, 0.29) is 11.9 Å². The molecule has 0 saturated carbocycles. The van der Waals surface area contributed by atoms with Crippen LogP contribution in [0.15, 0.2) is 67.1 Å². The molecule has 0 bridgehead atoms. The van der Waals surface area contributed by atoms with Crippen molar-refractivity contribution in [2.45, 2.75) is 32.2 Å². The molecule has 1 aromatic carbocycles. The Balaban J connectivity index is 1.46. The van der Waals surface area contributed by atoms with E-state index in [0.29, 0.717) is 40.7 Å². The van der Waals surface area contributed by atoms with Gasteiger partial charge in [-0.3, -0.25) is 4.79 Å². The number of carbonyl (C=O) groups is 1. The Bertz CT molecular complexity index is 1350. The Morgan fingerprint density at radius 2 is 2.03 bits per heavy atom. The van der Waals surface area contributed by atoms with Gasteiger partial charge in [0.05, 0.1) is 11.4 Å². The number of likely N-dealkylation sites (tertiary alicyclic amines) is 1. The lowest BCUT2D eigenvalue weighted by Crippen LogP contribution is -2.40. The molecule has 1 saturated heterocycles. The van der Waals surface area contributed by atoms with Crippen LogP contribution in [0.5, 0.6) is 11.6 Å². The summed E-state index contributed by atoms with van der Waals surface area (Å²) >= 11 is 0. The summed E-state index contributed by atoms with van der Waals surface area (Å²) in [6.45, 7) is 3.31. The molecule has 3 aromatic heterocycles. The summed E-state index contributed by atoms with van der Waals surface area (Å²) in [5, 5.41) is 5.59. The Morgan fingerprint density at radius 3 is 2.80 bits per heavy atom. The molecule has 0 spiro atoms. The van der Waals surface area contributed by atoms with Gasteiger partial charge in [-0.2, -0.15) is 5.10 Å². The maximum Gasteiger partial charge on any atom is 0.246 e. The van der Waals surface area contributed by atoms with Crippen molar-refractivity contribution in [3.05, 3.63) is 67.1 Å². The summed E-state index contributed by atoms with van der Waals surface area (Å²) in [5.74, 6) is 1.58. The predicted octanol–water partition coefficient (Wildman–Crippen LogP) is 4.39. The lowest BCUT2D eigenvalue weighted by molar-refractivity contribution is -0.127. The second-order valence-corrected chi connectivity index (χ2v) is 8.44. The van der Waals surface area contributed by atoms with Crippen LogP contribution in [0, 0.1) is 0 Å². The molecule has 9 nitrogen and oxygen atoms in total. The summed E-state index contributed by atoms with van der Waals surface area (Å²) in [6.07, 6.45) is 9.31. The van der Waals surface area contributed by atoms with E-state index in [1.54, 1.807) is 18.3 Å². The molecule has 1 aliphatic heterocycles. The zero-order valence-electron chi connectivity index (χ0n) is 19.5. The molecule has 0 aliphatic carbocycles. The SMILES string of the molecule is CCC=CC(=O)N1CCC[C@@H](n2nc(-c3ccc(Oc4ccccc4)nc3)c3c(N)ncnc32)C1. The first-order chi connectivity index (χ1) is 17.1. The third-order valence-corrected chi connectivity index (χ3v) is 6.04. The number of benzene rings is 1.